The molecule has 2 aromatic rings. The van der Waals surface area contributed by atoms with Gasteiger partial charge in [-0.25, -0.2) is 23.2 Å². The summed E-state index contributed by atoms with van der Waals surface area (Å²) in [6.07, 6.45) is -4.92. The van der Waals surface area contributed by atoms with Gasteiger partial charge in [-0.1, -0.05) is 0 Å². The Hall–Kier alpha value is -1.21. The van der Waals surface area contributed by atoms with Crippen LogP contribution in [0.4, 0.5) is 5.82 Å². The molecule has 0 aromatic carbocycles. The molecule has 7 atom stereocenters. The van der Waals surface area contributed by atoms with Gasteiger partial charge in [-0.15, -0.1) is 0 Å². The number of nitrogens with zero attached hydrogens (tertiary/aromatic N) is 3. The molecular formula is C13H21N4O11P3. The highest BCUT2D eigenvalue weighted by molar-refractivity contribution is 7.69. The lowest BCUT2D eigenvalue weighted by atomic mass is 10.2. The molecule has 1 aliphatic rings. The highest BCUT2D eigenvalue weighted by Gasteiger charge is 2.48. The molecule has 2 aromatic heterocycles. The standard InChI is InChI=1S/C13H21N4O11P3/c1-6-15-10(14)7-4-5-17(11(7)16-6)12-8(18)9(19)13(25-12)26-30(3,22)28-31(23,24)27-29(2,20)21/h4-5,8-9,12-13,18-19H,1-3H3,(H,20,21)(H,23,24)(H2,14,15,16). The molecule has 15 nitrogen and oxygen atoms in total. The van der Waals surface area contributed by atoms with E-state index in [9.17, 15) is 28.8 Å². The van der Waals surface area contributed by atoms with Crippen LogP contribution in [0.2, 0.25) is 0 Å². The van der Waals surface area contributed by atoms with Crippen LogP contribution in [-0.4, -0.2) is 66.4 Å². The van der Waals surface area contributed by atoms with Crippen molar-refractivity contribution < 1.29 is 51.6 Å². The number of aromatic nitrogens is 3. The Morgan fingerprint density at radius 3 is 2.39 bits per heavy atom. The molecule has 0 radical (unpaired) electrons. The van der Waals surface area contributed by atoms with Crippen molar-refractivity contribution in [2.24, 2.45) is 0 Å². The minimum absolute atomic E-state index is 0.185. The van der Waals surface area contributed by atoms with Gasteiger partial charge in [0.15, 0.2) is 12.5 Å². The minimum Gasteiger partial charge on any atom is -0.385 e. The van der Waals surface area contributed by atoms with E-state index < -0.39 is 47.7 Å². The van der Waals surface area contributed by atoms with Crippen molar-refractivity contribution in [2.75, 3.05) is 19.1 Å². The van der Waals surface area contributed by atoms with Crippen molar-refractivity contribution >= 4 is 39.9 Å². The molecule has 174 valence electrons. The first-order valence-corrected chi connectivity index (χ1v) is 14.0. The molecule has 3 heterocycles. The molecule has 3 rings (SSSR count). The molecule has 0 amide bonds. The second-order valence-electron chi connectivity index (χ2n) is 6.80. The van der Waals surface area contributed by atoms with Crippen LogP contribution in [-0.2, 0) is 31.6 Å². The van der Waals surface area contributed by atoms with Crippen LogP contribution in [0.15, 0.2) is 12.3 Å². The van der Waals surface area contributed by atoms with Crippen molar-refractivity contribution in [2.45, 2.75) is 31.6 Å². The normalized spacial score (nSPS) is 30.0. The van der Waals surface area contributed by atoms with E-state index >= 15 is 0 Å². The molecule has 1 aliphatic heterocycles. The lowest BCUT2D eigenvalue weighted by molar-refractivity contribution is -0.127. The predicted octanol–water partition coefficient (Wildman–Crippen LogP) is 0.687. The van der Waals surface area contributed by atoms with Gasteiger partial charge in [0.25, 0.3) is 0 Å². The van der Waals surface area contributed by atoms with Crippen molar-refractivity contribution in [3.63, 3.8) is 0 Å². The van der Waals surface area contributed by atoms with Crippen LogP contribution in [0.3, 0.4) is 0 Å². The number of hydrogen-bond donors (Lipinski definition) is 5. The van der Waals surface area contributed by atoms with Crippen LogP contribution in [0, 0.1) is 6.92 Å². The lowest BCUT2D eigenvalue weighted by Crippen LogP contribution is -2.32. The smallest absolute Gasteiger partial charge is 0.385 e. The van der Waals surface area contributed by atoms with Gasteiger partial charge in [0.2, 0.25) is 0 Å². The van der Waals surface area contributed by atoms with E-state index in [1.54, 1.807) is 13.0 Å². The molecule has 0 bridgehead atoms. The number of aliphatic hydroxyl groups excluding tert-OH is 2. The maximum Gasteiger partial charge on any atom is 0.486 e. The third-order valence-corrected chi connectivity index (χ3v) is 8.62. The molecular weight excluding hydrogens is 481 g/mol. The van der Waals surface area contributed by atoms with Gasteiger partial charge in [-0.05, 0) is 13.0 Å². The van der Waals surface area contributed by atoms with E-state index in [4.69, 9.17) is 19.9 Å². The largest absolute Gasteiger partial charge is 0.486 e. The molecule has 1 fully saturated rings. The number of rotatable bonds is 7. The minimum atomic E-state index is -5.27. The number of nitrogens with two attached hydrogens (primary N) is 1. The maximum absolute atomic E-state index is 12.5. The van der Waals surface area contributed by atoms with E-state index in [0.29, 0.717) is 17.9 Å². The van der Waals surface area contributed by atoms with Gasteiger partial charge in [0.1, 0.15) is 29.5 Å². The summed E-state index contributed by atoms with van der Waals surface area (Å²) < 4.78 is 55.5. The second kappa shape index (κ2) is 8.29. The Bertz CT molecular complexity index is 1130. The SMILES string of the molecule is Cc1nc(N)c2ccn(C3OC(OP(C)(=O)OP(=O)(O)OP(C)(=O)O)C(O)C3O)c2n1. The molecule has 0 aliphatic carbocycles. The molecule has 0 saturated carbocycles. The van der Waals surface area contributed by atoms with E-state index in [1.165, 1.54) is 10.8 Å². The quantitative estimate of drug-likeness (QED) is 0.328. The number of aryl methyl sites for hydroxylation is 1. The molecule has 0 spiro atoms. The van der Waals surface area contributed by atoms with Crippen LogP contribution in [0.25, 0.3) is 11.0 Å². The van der Waals surface area contributed by atoms with E-state index in [2.05, 4.69) is 18.6 Å². The molecule has 18 heteroatoms. The van der Waals surface area contributed by atoms with Gasteiger partial charge in [-0.3, -0.25) is 13.7 Å². The van der Waals surface area contributed by atoms with Crippen molar-refractivity contribution in [1.82, 2.24) is 14.5 Å². The summed E-state index contributed by atoms with van der Waals surface area (Å²) in [6, 6.07) is 1.56. The Kier molecular flexibility index (Phi) is 6.53. The second-order valence-corrected chi connectivity index (χ2v) is 12.4. The monoisotopic (exact) mass is 502 g/mol. The Balaban J connectivity index is 1.81. The number of fused-ring (bicyclic) bond motifs is 1. The molecule has 31 heavy (non-hydrogen) atoms. The summed E-state index contributed by atoms with van der Waals surface area (Å²) in [5.41, 5.74) is 6.13. The van der Waals surface area contributed by atoms with Crippen LogP contribution < -0.4 is 5.73 Å². The summed E-state index contributed by atoms with van der Waals surface area (Å²) >= 11 is 0. The van der Waals surface area contributed by atoms with Gasteiger partial charge < -0.3 is 35.0 Å². The zero-order chi connectivity index (χ0) is 23.4. The third kappa shape index (κ3) is 5.59. The summed E-state index contributed by atoms with van der Waals surface area (Å²) in [4.78, 5) is 26.8. The first kappa shape index (κ1) is 24.4. The van der Waals surface area contributed by atoms with Crippen LogP contribution in [0.1, 0.15) is 12.1 Å². The number of hydrogen-bond acceptors (Lipinski definition) is 12. The average Bonchev–Trinajstić information content (AvgIpc) is 3.07. The van der Waals surface area contributed by atoms with Crippen molar-refractivity contribution in [1.29, 1.82) is 0 Å². The zero-order valence-electron chi connectivity index (χ0n) is 16.4. The number of nitrogen functional groups attached to an aromatic ring is 1. The van der Waals surface area contributed by atoms with E-state index in [1.807, 2.05) is 0 Å². The van der Waals surface area contributed by atoms with Crippen molar-refractivity contribution in [3.05, 3.63) is 18.1 Å². The van der Waals surface area contributed by atoms with E-state index in [0.717, 1.165) is 6.66 Å². The number of aliphatic hydroxyl groups is 2. The van der Waals surface area contributed by atoms with Gasteiger partial charge >= 0.3 is 23.0 Å². The lowest BCUT2D eigenvalue weighted by Gasteiger charge is -2.22. The number of ether oxygens (including phenoxy) is 1. The molecule has 7 unspecified atom stereocenters. The fraction of sp³-hybridized carbons (Fsp3) is 0.538. The number of phosphoric acid groups is 1. The average molecular weight is 502 g/mol. The number of anilines is 1. The molecule has 6 N–H and O–H groups in total. The van der Waals surface area contributed by atoms with Gasteiger partial charge in [0, 0.05) is 19.5 Å². The summed E-state index contributed by atoms with van der Waals surface area (Å²) in [7, 11) is -14.2. The first-order valence-electron chi connectivity index (χ1n) is 8.52. The van der Waals surface area contributed by atoms with Crippen LogP contribution in [0.5, 0.6) is 0 Å². The predicted molar refractivity (Wildman–Crippen MR) is 105 cm³/mol. The molecule has 1 saturated heterocycles. The summed E-state index contributed by atoms with van der Waals surface area (Å²) in [5.74, 6) is 0.525. The highest BCUT2D eigenvalue weighted by Crippen LogP contribution is 2.67. The Morgan fingerprint density at radius 1 is 1.13 bits per heavy atom. The Labute approximate surface area is 175 Å². The Morgan fingerprint density at radius 2 is 1.77 bits per heavy atom. The highest BCUT2D eigenvalue weighted by atomic mass is 31.3. The van der Waals surface area contributed by atoms with Crippen molar-refractivity contribution in [3.8, 4) is 0 Å². The van der Waals surface area contributed by atoms with Gasteiger partial charge in [0.05, 0.1) is 5.39 Å². The zero-order valence-corrected chi connectivity index (χ0v) is 19.1. The fourth-order valence-corrected chi connectivity index (χ4v) is 7.05. The first-order chi connectivity index (χ1) is 14.1. The summed E-state index contributed by atoms with van der Waals surface area (Å²) in [5, 5.41) is 21.1. The maximum atomic E-state index is 12.5. The van der Waals surface area contributed by atoms with E-state index in [-0.39, 0.29) is 11.5 Å². The summed E-state index contributed by atoms with van der Waals surface area (Å²) in [6.45, 7) is 2.96. The third-order valence-electron chi connectivity index (χ3n) is 3.98. The fourth-order valence-electron chi connectivity index (χ4n) is 2.92. The van der Waals surface area contributed by atoms with Gasteiger partial charge in [-0.2, -0.15) is 0 Å². The topological polar surface area (TPSA) is 226 Å². The van der Waals surface area contributed by atoms with Crippen LogP contribution >= 0.6 is 23.0 Å².